The summed E-state index contributed by atoms with van der Waals surface area (Å²) in [5.74, 6) is -4.90. The summed E-state index contributed by atoms with van der Waals surface area (Å²) in [7, 11) is -9.79. The number of non-ortho nitro benzene ring substituents is 2. The van der Waals surface area contributed by atoms with Crippen LogP contribution in [0.25, 0.3) is 9.81 Å². The molecule has 0 spiro atoms. The zero-order valence-corrected chi connectivity index (χ0v) is 43.2. The summed E-state index contributed by atoms with van der Waals surface area (Å²) < 4.78 is 65.5. The van der Waals surface area contributed by atoms with Gasteiger partial charge < -0.3 is 20.4 Å². The SMILES string of the molecule is CC(=O)c1cc(N/N=C2\C(=O)C=C(S(=O)(=O)O)c3cc([N+](=O)[O-])ccc32)c(O)cc1O.CC(=O)c1cc(N/N=C2\C(=O)C=C(S(=O)(=O)O)c3cc([N+](=O)[O-])ccc32)c(O)cc1O.[Fe].[Na+].[Na+].[Na+]. The van der Waals surface area contributed by atoms with Gasteiger partial charge in [-0.3, -0.25) is 59.4 Å². The molecule has 4 aromatic carbocycles. The van der Waals surface area contributed by atoms with E-state index in [1.165, 1.54) is 13.8 Å². The number of nitrogens with one attached hydrogen (secondary N) is 2. The Bertz CT molecular complexity index is 2880. The summed E-state index contributed by atoms with van der Waals surface area (Å²) in [4.78, 5) is 66.9. The number of fused-ring (bicyclic) bond motifs is 2. The molecule has 0 radical (unpaired) electrons. The van der Waals surface area contributed by atoms with E-state index < -0.39 is 97.4 Å². The normalized spacial score (nSPS) is 13.8. The maximum Gasteiger partial charge on any atom is 1.00 e. The Kier molecular flexibility index (Phi) is 21.0. The van der Waals surface area contributed by atoms with Gasteiger partial charge >= 0.3 is 88.7 Å². The molecule has 30 heteroatoms. The molecule has 0 atom stereocenters. The van der Waals surface area contributed by atoms with E-state index in [-0.39, 0.29) is 162 Å². The van der Waals surface area contributed by atoms with E-state index in [2.05, 4.69) is 21.1 Å². The summed E-state index contributed by atoms with van der Waals surface area (Å²) >= 11 is 0. The molecule has 328 valence electrons. The van der Waals surface area contributed by atoms with Crippen molar-refractivity contribution in [3.63, 3.8) is 0 Å². The minimum absolute atomic E-state index is 0. The first-order chi connectivity index (χ1) is 28.8. The summed E-state index contributed by atoms with van der Waals surface area (Å²) in [6, 6.07) is 9.86. The summed E-state index contributed by atoms with van der Waals surface area (Å²) in [5.41, 5.74) is 1.45. The summed E-state index contributed by atoms with van der Waals surface area (Å²) in [5, 5.41) is 69.1. The van der Waals surface area contributed by atoms with E-state index in [4.69, 9.17) is 0 Å². The minimum Gasteiger partial charge on any atom is -0.507 e. The molecule has 0 heterocycles. The first-order valence-electron chi connectivity index (χ1n) is 16.7. The van der Waals surface area contributed by atoms with Crippen LogP contribution >= 0.6 is 0 Å². The molecule has 8 N–H and O–H groups in total. The van der Waals surface area contributed by atoms with Crippen LogP contribution in [-0.2, 0) is 46.9 Å². The fraction of sp³-hybridized carbons (Fsp3) is 0.0556. The first-order valence-corrected chi connectivity index (χ1v) is 19.5. The molecular weight excluding hydrogens is 993 g/mol. The Morgan fingerprint density at radius 2 is 0.879 bits per heavy atom. The number of carbonyl (C=O) groups excluding carboxylic acids is 4. The number of aromatic hydroxyl groups is 4. The molecule has 0 saturated heterocycles. The van der Waals surface area contributed by atoms with Crippen molar-refractivity contribution in [3.8, 4) is 23.0 Å². The molecule has 0 aromatic heterocycles. The number of nitrogens with zero attached hydrogens (tertiary/aromatic N) is 4. The Labute approximate surface area is 448 Å². The van der Waals surface area contributed by atoms with Crippen LogP contribution in [0, 0.1) is 20.2 Å². The molecule has 24 nitrogen and oxygen atoms in total. The van der Waals surface area contributed by atoms with Gasteiger partial charge in [-0.05, 0) is 38.1 Å². The van der Waals surface area contributed by atoms with Crippen LogP contribution in [0.4, 0.5) is 22.7 Å². The number of phenolic OH excluding ortho intramolecular Hbond substituents is 4. The van der Waals surface area contributed by atoms with E-state index in [1.54, 1.807) is 0 Å². The molecule has 4 aromatic rings. The van der Waals surface area contributed by atoms with Gasteiger partial charge in [0.2, 0.25) is 11.6 Å². The summed E-state index contributed by atoms with van der Waals surface area (Å²) in [6.45, 7) is 2.36. The molecule has 0 aliphatic heterocycles. The smallest absolute Gasteiger partial charge is 0.507 e. The van der Waals surface area contributed by atoms with Crippen molar-refractivity contribution in [1.82, 2.24) is 0 Å². The maximum atomic E-state index is 12.5. The molecular formula is C36H26FeN6Na3O18S2+3. The van der Waals surface area contributed by atoms with Crippen LogP contribution in [-0.4, -0.2) is 90.8 Å². The Morgan fingerprint density at radius 1 is 0.561 bits per heavy atom. The summed E-state index contributed by atoms with van der Waals surface area (Å²) in [6.07, 6.45) is 1.11. The van der Waals surface area contributed by atoms with Crippen molar-refractivity contribution in [3.05, 3.63) is 126 Å². The van der Waals surface area contributed by atoms with Crippen molar-refractivity contribution >= 4 is 87.4 Å². The second-order valence-corrected chi connectivity index (χ2v) is 15.5. The van der Waals surface area contributed by atoms with Crippen LogP contribution < -0.4 is 99.5 Å². The molecule has 0 amide bonds. The van der Waals surface area contributed by atoms with Gasteiger partial charge in [-0.1, -0.05) is 0 Å². The van der Waals surface area contributed by atoms with Crippen LogP contribution in [0.1, 0.15) is 56.8 Å². The number of nitro groups is 2. The predicted molar refractivity (Wildman–Crippen MR) is 215 cm³/mol. The third kappa shape index (κ3) is 13.3. The van der Waals surface area contributed by atoms with Gasteiger partial charge in [0.05, 0.1) is 32.3 Å². The molecule has 0 saturated carbocycles. The second kappa shape index (κ2) is 23.4. The Balaban J connectivity index is 0.000000622. The largest absolute Gasteiger partial charge is 1.00 e. The number of hydrazone groups is 2. The fourth-order valence-electron chi connectivity index (χ4n) is 5.70. The van der Waals surface area contributed by atoms with E-state index >= 15 is 0 Å². The number of hydrogen-bond acceptors (Lipinski definition) is 20. The molecule has 0 bridgehead atoms. The molecule has 0 fully saturated rings. The number of Topliss-reactive ketones (excluding diaryl/α,β-unsaturated/α-hetero) is 2. The van der Waals surface area contributed by atoms with Crippen LogP contribution in [0.2, 0.25) is 0 Å². The average molecular weight is 1020 g/mol. The number of ketones is 4. The number of phenols is 4. The maximum absolute atomic E-state index is 12.5. The standard InChI is InChI=1S/2C18H13N3O9S.Fe.3Na/c2*1-8(22)11-5-13(15(24)6-14(11)23)19-20-18-10-3-2-9(21(26)27)4-12(10)17(7-16(18)25)31(28,29)30;;;;/h2*2-7,19,23-24H,1H3,(H,28,29,30);;;;/q;;;3*+1/b2*20-18-;;;;. The van der Waals surface area contributed by atoms with Crippen LogP contribution in [0.5, 0.6) is 23.0 Å². The van der Waals surface area contributed by atoms with Crippen LogP contribution in [0.15, 0.2) is 83.0 Å². The average Bonchev–Trinajstić information content (AvgIpc) is 3.16. The zero-order chi connectivity index (χ0) is 46.2. The second-order valence-electron chi connectivity index (χ2n) is 12.7. The molecule has 66 heavy (non-hydrogen) atoms. The Hall–Kier alpha value is -4.68. The molecule has 2 aliphatic carbocycles. The van der Waals surface area contributed by atoms with E-state index in [0.29, 0.717) is 12.2 Å². The third-order valence-corrected chi connectivity index (χ3v) is 10.4. The number of benzene rings is 4. The minimum atomic E-state index is -4.89. The van der Waals surface area contributed by atoms with Gasteiger partial charge in [0.25, 0.3) is 31.6 Å². The number of carbonyl (C=O) groups is 4. The quantitative estimate of drug-likeness (QED) is 0.0140. The number of hydrogen-bond donors (Lipinski definition) is 8. The first kappa shape index (κ1) is 59.3. The molecule has 0 unspecified atom stereocenters. The molecule has 6 rings (SSSR count). The van der Waals surface area contributed by atoms with Gasteiger partial charge in [0.15, 0.2) is 11.6 Å². The van der Waals surface area contributed by atoms with Gasteiger partial charge in [0, 0.05) is 87.9 Å². The number of allylic oxidation sites excluding steroid dienone is 2. The van der Waals surface area contributed by atoms with Gasteiger partial charge in [-0.2, -0.15) is 27.0 Å². The zero-order valence-electron chi connectivity index (χ0n) is 34.5. The molecule has 2 aliphatic rings. The van der Waals surface area contributed by atoms with Crippen molar-refractivity contribution < 1.29 is 181 Å². The Morgan fingerprint density at radius 3 is 1.15 bits per heavy atom. The number of anilines is 2. The van der Waals surface area contributed by atoms with Gasteiger partial charge in [-0.15, -0.1) is 0 Å². The van der Waals surface area contributed by atoms with Gasteiger partial charge in [0.1, 0.15) is 44.2 Å². The van der Waals surface area contributed by atoms with E-state index in [1.807, 2.05) is 0 Å². The van der Waals surface area contributed by atoms with Gasteiger partial charge in [-0.25, -0.2) is 0 Å². The van der Waals surface area contributed by atoms with E-state index in [0.717, 1.165) is 60.7 Å². The number of nitro benzene ring substituents is 2. The topological polar surface area (TPSA) is 393 Å². The van der Waals surface area contributed by atoms with Crippen LogP contribution in [0.3, 0.4) is 0 Å². The van der Waals surface area contributed by atoms with Crippen molar-refractivity contribution in [2.45, 2.75) is 13.8 Å². The van der Waals surface area contributed by atoms with E-state index in [9.17, 15) is 85.8 Å². The fourth-order valence-corrected chi connectivity index (χ4v) is 7.10. The van der Waals surface area contributed by atoms with Crippen molar-refractivity contribution in [2.24, 2.45) is 10.2 Å². The number of rotatable bonds is 10. The van der Waals surface area contributed by atoms with Crippen molar-refractivity contribution in [1.29, 1.82) is 0 Å². The predicted octanol–water partition coefficient (Wildman–Crippen LogP) is -5.32. The monoisotopic (exact) mass is 1020 g/mol. The third-order valence-electron chi connectivity index (χ3n) is 8.58. The van der Waals surface area contributed by atoms with Crippen molar-refractivity contribution in [2.75, 3.05) is 10.9 Å².